The van der Waals surface area contributed by atoms with E-state index in [1.807, 2.05) is 24.3 Å². The monoisotopic (exact) mass is 462 g/mol. The summed E-state index contributed by atoms with van der Waals surface area (Å²) in [5.74, 6) is 0. The second-order valence-corrected chi connectivity index (χ2v) is 6.64. The molecule has 0 spiro atoms. The van der Waals surface area contributed by atoms with Crippen molar-refractivity contribution in [3.8, 4) is 0 Å². The maximum atomic E-state index is 10.9. The molecule has 0 atom stereocenters. The Morgan fingerprint density at radius 2 is 1.80 bits per heavy atom. The Kier molecular flexibility index (Phi) is 5.17. The molecule has 1 N–H and O–H groups in total. The van der Waals surface area contributed by atoms with Crippen LogP contribution in [0, 0.1) is 10.1 Å². The van der Waals surface area contributed by atoms with Crippen LogP contribution in [-0.4, -0.2) is 4.92 Å². The van der Waals surface area contributed by atoms with Crippen LogP contribution >= 0.6 is 47.8 Å². The Balaban J connectivity index is 2.15. The summed E-state index contributed by atoms with van der Waals surface area (Å²) in [6, 6.07) is 10.9. The minimum Gasteiger partial charge on any atom is -0.380 e. The van der Waals surface area contributed by atoms with Gasteiger partial charge in [-0.15, -0.1) is 0 Å². The van der Waals surface area contributed by atoms with Gasteiger partial charge < -0.3 is 5.32 Å². The van der Waals surface area contributed by atoms with Crippen molar-refractivity contribution >= 4 is 59.2 Å². The van der Waals surface area contributed by atoms with Crippen LogP contribution in [0.3, 0.4) is 0 Å². The Bertz CT molecular complexity index is 662. The predicted octanol–water partition coefficient (Wildman–Crippen LogP) is 5.49. The van der Waals surface area contributed by atoms with Gasteiger partial charge in [0.05, 0.1) is 9.40 Å². The van der Waals surface area contributed by atoms with Gasteiger partial charge in [-0.3, -0.25) is 10.1 Å². The average Bonchev–Trinajstić information content (AvgIpc) is 2.39. The lowest BCUT2D eigenvalue weighted by molar-refractivity contribution is -0.385. The third-order valence-corrected chi connectivity index (χ3v) is 4.44. The molecular formula is C13H9Br3N2O2. The molecule has 0 saturated heterocycles. The van der Waals surface area contributed by atoms with Crippen LogP contribution in [0.15, 0.2) is 49.8 Å². The van der Waals surface area contributed by atoms with Gasteiger partial charge in [0, 0.05) is 27.2 Å². The molecule has 0 saturated carbocycles. The van der Waals surface area contributed by atoms with Gasteiger partial charge in [0.1, 0.15) is 0 Å². The Morgan fingerprint density at radius 3 is 2.45 bits per heavy atom. The van der Waals surface area contributed by atoms with E-state index in [1.54, 1.807) is 12.1 Å². The van der Waals surface area contributed by atoms with Crippen LogP contribution < -0.4 is 5.32 Å². The molecule has 104 valence electrons. The van der Waals surface area contributed by atoms with E-state index in [4.69, 9.17) is 0 Å². The average molecular weight is 465 g/mol. The van der Waals surface area contributed by atoms with Crippen molar-refractivity contribution in [1.82, 2.24) is 0 Å². The molecule has 2 aromatic rings. The molecule has 0 aliphatic carbocycles. The molecule has 0 heterocycles. The normalized spacial score (nSPS) is 10.3. The maximum absolute atomic E-state index is 10.9. The first-order chi connectivity index (χ1) is 9.47. The zero-order chi connectivity index (χ0) is 14.7. The quantitative estimate of drug-likeness (QED) is 0.480. The van der Waals surface area contributed by atoms with Gasteiger partial charge in [-0.05, 0) is 61.7 Å². The first kappa shape index (κ1) is 15.5. The lowest BCUT2D eigenvalue weighted by Crippen LogP contribution is -2.01. The molecular weight excluding hydrogens is 456 g/mol. The highest BCUT2D eigenvalue weighted by Gasteiger charge is 2.12. The number of nitrogens with one attached hydrogen (secondary N) is 1. The summed E-state index contributed by atoms with van der Waals surface area (Å²) in [6.07, 6.45) is 0. The molecule has 0 aromatic heterocycles. The van der Waals surface area contributed by atoms with E-state index < -0.39 is 4.92 Å². The van der Waals surface area contributed by atoms with Gasteiger partial charge in [-0.2, -0.15) is 0 Å². The smallest absolute Gasteiger partial charge is 0.283 e. The molecule has 2 aromatic carbocycles. The Morgan fingerprint density at radius 1 is 1.05 bits per heavy atom. The lowest BCUT2D eigenvalue weighted by atomic mass is 10.2. The van der Waals surface area contributed by atoms with Crippen LogP contribution in [0.5, 0.6) is 0 Å². The highest BCUT2D eigenvalue weighted by molar-refractivity contribution is 9.11. The summed E-state index contributed by atoms with van der Waals surface area (Å²) >= 11 is 10.0. The maximum Gasteiger partial charge on any atom is 0.283 e. The fourth-order valence-corrected chi connectivity index (χ4v) is 3.22. The fraction of sp³-hybridized carbons (Fsp3) is 0.0769. The molecule has 4 nitrogen and oxygen atoms in total. The second-order valence-electron chi connectivity index (χ2n) is 4.02. The molecule has 0 aliphatic heterocycles. The minimum absolute atomic E-state index is 0.0687. The van der Waals surface area contributed by atoms with E-state index in [0.29, 0.717) is 11.0 Å². The van der Waals surface area contributed by atoms with Gasteiger partial charge in [0.15, 0.2) is 0 Å². The minimum atomic E-state index is -0.400. The van der Waals surface area contributed by atoms with E-state index in [-0.39, 0.29) is 5.69 Å². The number of hydrogen-bond donors (Lipinski definition) is 1. The van der Waals surface area contributed by atoms with E-state index in [1.165, 1.54) is 0 Å². The summed E-state index contributed by atoms with van der Waals surface area (Å²) in [4.78, 5) is 10.5. The fourth-order valence-electron chi connectivity index (χ4n) is 1.64. The van der Waals surface area contributed by atoms with Crippen molar-refractivity contribution in [1.29, 1.82) is 0 Å². The van der Waals surface area contributed by atoms with Gasteiger partial charge in [0.25, 0.3) is 5.69 Å². The van der Waals surface area contributed by atoms with Crippen molar-refractivity contribution < 1.29 is 4.92 Å². The Labute approximate surface area is 141 Å². The van der Waals surface area contributed by atoms with Gasteiger partial charge in [-0.25, -0.2) is 0 Å². The molecule has 0 unspecified atom stereocenters. The standard InChI is InChI=1S/C13H9Br3N2O2/c14-9-2-4-12(11(16)6-9)17-7-8-1-3-10(15)13(5-8)18(19)20/h1-6,17H,7H2. The van der Waals surface area contributed by atoms with Crippen molar-refractivity contribution in [3.05, 3.63) is 65.5 Å². The SMILES string of the molecule is O=[N+]([O-])c1cc(CNc2ccc(Br)cc2Br)ccc1Br. The molecule has 20 heavy (non-hydrogen) atoms. The zero-order valence-corrected chi connectivity index (χ0v) is 14.8. The van der Waals surface area contributed by atoms with Gasteiger partial charge in [0.2, 0.25) is 0 Å². The largest absolute Gasteiger partial charge is 0.380 e. The van der Waals surface area contributed by atoms with Crippen molar-refractivity contribution in [2.75, 3.05) is 5.32 Å². The zero-order valence-electron chi connectivity index (χ0n) is 10.1. The van der Waals surface area contributed by atoms with Gasteiger partial charge in [-0.1, -0.05) is 22.0 Å². The summed E-state index contributed by atoms with van der Waals surface area (Å²) in [5.41, 5.74) is 1.84. The number of nitro groups is 1. The second kappa shape index (κ2) is 6.69. The van der Waals surface area contributed by atoms with E-state index >= 15 is 0 Å². The van der Waals surface area contributed by atoms with E-state index in [9.17, 15) is 10.1 Å². The lowest BCUT2D eigenvalue weighted by Gasteiger charge is -2.09. The van der Waals surface area contributed by atoms with Crippen molar-refractivity contribution in [2.45, 2.75) is 6.54 Å². The number of hydrogen-bond acceptors (Lipinski definition) is 3. The molecule has 7 heteroatoms. The number of rotatable bonds is 4. The van der Waals surface area contributed by atoms with Gasteiger partial charge >= 0.3 is 0 Å². The number of nitro benzene ring substituents is 1. The first-order valence-corrected chi connectivity index (χ1v) is 7.97. The third-order valence-electron chi connectivity index (χ3n) is 2.62. The number of benzene rings is 2. The Hall–Kier alpha value is -0.920. The predicted molar refractivity (Wildman–Crippen MR) is 90.0 cm³/mol. The summed E-state index contributed by atoms with van der Waals surface area (Å²) in [5, 5.41) is 14.1. The number of anilines is 1. The van der Waals surface area contributed by atoms with Crippen molar-refractivity contribution in [2.24, 2.45) is 0 Å². The molecule has 0 bridgehead atoms. The molecule has 0 radical (unpaired) electrons. The topological polar surface area (TPSA) is 55.2 Å². The van der Waals surface area contributed by atoms with Crippen LogP contribution in [0.25, 0.3) is 0 Å². The molecule has 0 aliphatic rings. The highest BCUT2D eigenvalue weighted by atomic mass is 79.9. The van der Waals surface area contributed by atoms with Crippen molar-refractivity contribution in [3.63, 3.8) is 0 Å². The first-order valence-electron chi connectivity index (χ1n) is 5.59. The summed E-state index contributed by atoms with van der Waals surface area (Å²) in [6.45, 7) is 0.508. The van der Waals surface area contributed by atoms with Crippen LogP contribution in [0.1, 0.15) is 5.56 Å². The van der Waals surface area contributed by atoms with Crippen LogP contribution in [0.4, 0.5) is 11.4 Å². The molecule has 0 fully saturated rings. The van der Waals surface area contributed by atoms with Crippen LogP contribution in [-0.2, 0) is 6.54 Å². The third kappa shape index (κ3) is 3.80. The molecule has 2 rings (SSSR count). The highest BCUT2D eigenvalue weighted by Crippen LogP contribution is 2.28. The molecule has 0 amide bonds. The summed E-state index contributed by atoms with van der Waals surface area (Å²) < 4.78 is 2.39. The van der Waals surface area contributed by atoms with E-state index in [0.717, 1.165) is 20.2 Å². The summed E-state index contributed by atoms with van der Waals surface area (Å²) in [7, 11) is 0. The number of nitrogens with zero attached hydrogens (tertiary/aromatic N) is 1. The van der Waals surface area contributed by atoms with E-state index in [2.05, 4.69) is 53.1 Å². The van der Waals surface area contributed by atoms with Crippen LogP contribution in [0.2, 0.25) is 0 Å². The number of halogens is 3.